The molecule has 1 aromatic heterocycles. The van der Waals surface area contributed by atoms with E-state index in [9.17, 15) is 4.79 Å². The number of amidine groups is 1. The molecule has 2 aromatic rings. The van der Waals surface area contributed by atoms with Gasteiger partial charge >= 0.3 is 0 Å². The lowest BCUT2D eigenvalue weighted by Gasteiger charge is -2.02. The summed E-state index contributed by atoms with van der Waals surface area (Å²) in [4.78, 5) is 17.4. The van der Waals surface area contributed by atoms with Gasteiger partial charge in [0.2, 0.25) is 0 Å². The summed E-state index contributed by atoms with van der Waals surface area (Å²) in [5, 5.41) is 3.46. The molecule has 3 rings (SSSR count). The number of hydrogen-bond acceptors (Lipinski definition) is 3. The molecule has 5 heteroatoms. The van der Waals surface area contributed by atoms with Crippen LogP contribution in [0.3, 0.4) is 0 Å². The number of aromatic nitrogens is 1. The Morgan fingerprint density at radius 2 is 1.96 bits per heavy atom. The van der Waals surface area contributed by atoms with Crippen molar-refractivity contribution in [1.82, 2.24) is 9.88 Å². The third-order valence-electron chi connectivity index (χ3n) is 3.92. The molecule has 0 unspecified atom stereocenters. The van der Waals surface area contributed by atoms with Crippen LogP contribution < -0.4 is 5.32 Å². The van der Waals surface area contributed by atoms with Crippen LogP contribution in [-0.4, -0.2) is 15.6 Å². The molecule has 0 bridgehead atoms. The van der Waals surface area contributed by atoms with Gasteiger partial charge in [-0.2, -0.15) is 0 Å². The van der Waals surface area contributed by atoms with Crippen molar-refractivity contribution in [3.63, 3.8) is 0 Å². The molecule has 0 atom stereocenters. The van der Waals surface area contributed by atoms with Crippen LogP contribution in [-0.2, 0) is 11.8 Å². The number of aryl methyl sites for hydroxylation is 3. The van der Waals surface area contributed by atoms with Crippen molar-refractivity contribution in [1.29, 1.82) is 0 Å². The van der Waals surface area contributed by atoms with Crippen LogP contribution in [0.2, 0.25) is 0 Å². The van der Waals surface area contributed by atoms with E-state index in [0.717, 1.165) is 22.6 Å². The summed E-state index contributed by atoms with van der Waals surface area (Å²) in [6.07, 6.45) is 1.90. The van der Waals surface area contributed by atoms with E-state index in [-0.39, 0.29) is 5.91 Å². The monoisotopic (exact) mass is 325 g/mol. The first-order chi connectivity index (χ1) is 10.9. The van der Waals surface area contributed by atoms with Crippen LogP contribution in [0, 0.1) is 20.8 Å². The Morgan fingerprint density at radius 3 is 2.61 bits per heavy atom. The number of nitrogens with one attached hydrogen (secondary N) is 1. The van der Waals surface area contributed by atoms with Crippen LogP contribution in [0.1, 0.15) is 22.5 Å². The molecule has 1 aliphatic heterocycles. The Morgan fingerprint density at radius 1 is 1.17 bits per heavy atom. The van der Waals surface area contributed by atoms with Crippen molar-refractivity contribution in [2.75, 3.05) is 0 Å². The van der Waals surface area contributed by atoms with Crippen molar-refractivity contribution in [2.45, 2.75) is 20.8 Å². The molecule has 0 radical (unpaired) electrons. The molecule has 1 aliphatic rings. The number of carbonyl (C=O) groups excluding carboxylic acids is 1. The Kier molecular flexibility index (Phi) is 4.13. The molecule has 0 spiro atoms. The summed E-state index contributed by atoms with van der Waals surface area (Å²) in [6.45, 7) is 6.12. The van der Waals surface area contributed by atoms with Crippen LogP contribution in [0.15, 0.2) is 40.2 Å². The van der Waals surface area contributed by atoms with E-state index in [1.165, 1.54) is 17.3 Å². The summed E-state index contributed by atoms with van der Waals surface area (Å²) in [7, 11) is 1.99. The Balaban J connectivity index is 1.87. The molecule has 1 aromatic carbocycles. The molecule has 2 heterocycles. The molecule has 23 heavy (non-hydrogen) atoms. The van der Waals surface area contributed by atoms with E-state index in [4.69, 9.17) is 0 Å². The maximum atomic E-state index is 12.1. The topological polar surface area (TPSA) is 46.4 Å². The molecule has 0 saturated carbocycles. The zero-order valence-corrected chi connectivity index (χ0v) is 14.5. The standard InChI is InChI=1S/C18H19N3OS/c1-11-5-8-15(12(2)9-11)19-18-20-17(22)16(23-18)10-14-7-6-13(3)21(14)4/h5-10H,1-4H3,(H,19,20,22)/b16-10-. The molecule has 118 valence electrons. The predicted octanol–water partition coefficient (Wildman–Crippen LogP) is 3.84. The van der Waals surface area contributed by atoms with Crippen molar-refractivity contribution in [2.24, 2.45) is 12.0 Å². The minimum atomic E-state index is -0.0997. The maximum Gasteiger partial charge on any atom is 0.264 e. The van der Waals surface area contributed by atoms with Crippen molar-refractivity contribution in [3.05, 3.63) is 57.8 Å². The van der Waals surface area contributed by atoms with Crippen LogP contribution in [0.5, 0.6) is 0 Å². The van der Waals surface area contributed by atoms with E-state index in [2.05, 4.69) is 27.9 Å². The van der Waals surface area contributed by atoms with E-state index in [1.807, 2.05) is 51.2 Å². The fourth-order valence-electron chi connectivity index (χ4n) is 2.43. The average Bonchev–Trinajstić information content (AvgIpc) is 2.99. The van der Waals surface area contributed by atoms with Crippen molar-refractivity contribution >= 4 is 34.6 Å². The summed E-state index contributed by atoms with van der Waals surface area (Å²) in [6, 6.07) is 10.1. The smallest absolute Gasteiger partial charge is 0.264 e. The van der Waals surface area contributed by atoms with Gasteiger partial charge in [0.25, 0.3) is 5.91 Å². The third kappa shape index (κ3) is 3.24. The zero-order valence-electron chi connectivity index (χ0n) is 13.7. The van der Waals surface area contributed by atoms with Crippen LogP contribution in [0.4, 0.5) is 5.69 Å². The first kappa shape index (κ1) is 15.6. The number of nitrogens with zero attached hydrogens (tertiary/aromatic N) is 2. The average molecular weight is 325 g/mol. The molecule has 1 amide bonds. The second kappa shape index (κ2) is 6.08. The number of amides is 1. The van der Waals surface area contributed by atoms with Gasteiger partial charge in [-0.1, -0.05) is 17.7 Å². The van der Waals surface area contributed by atoms with Gasteiger partial charge in [0.05, 0.1) is 10.6 Å². The van der Waals surface area contributed by atoms with Gasteiger partial charge in [0, 0.05) is 18.4 Å². The lowest BCUT2D eigenvalue weighted by molar-refractivity contribution is -0.115. The minimum Gasteiger partial charge on any atom is -0.348 e. The van der Waals surface area contributed by atoms with Gasteiger partial charge in [-0.3, -0.25) is 4.79 Å². The van der Waals surface area contributed by atoms with Gasteiger partial charge in [0.15, 0.2) is 5.17 Å². The molecular weight excluding hydrogens is 306 g/mol. The number of benzene rings is 1. The number of hydrogen-bond donors (Lipinski definition) is 1. The van der Waals surface area contributed by atoms with Gasteiger partial charge in [0.1, 0.15) is 0 Å². The summed E-state index contributed by atoms with van der Waals surface area (Å²) in [5.74, 6) is -0.0997. The fourth-order valence-corrected chi connectivity index (χ4v) is 3.25. The van der Waals surface area contributed by atoms with E-state index in [0.29, 0.717) is 10.1 Å². The first-order valence-corrected chi connectivity index (χ1v) is 8.25. The summed E-state index contributed by atoms with van der Waals surface area (Å²) < 4.78 is 2.06. The summed E-state index contributed by atoms with van der Waals surface area (Å²) >= 11 is 1.38. The van der Waals surface area contributed by atoms with Gasteiger partial charge in [-0.05, 0) is 62.4 Å². The van der Waals surface area contributed by atoms with Gasteiger partial charge in [-0.25, -0.2) is 4.99 Å². The van der Waals surface area contributed by atoms with Crippen molar-refractivity contribution < 1.29 is 4.79 Å². The summed E-state index contributed by atoms with van der Waals surface area (Å²) in [5.41, 5.74) is 5.35. The van der Waals surface area contributed by atoms with Crippen LogP contribution >= 0.6 is 11.8 Å². The molecular formula is C18H19N3OS. The largest absolute Gasteiger partial charge is 0.348 e. The lowest BCUT2D eigenvalue weighted by atomic mass is 10.1. The van der Waals surface area contributed by atoms with E-state index >= 15 is 0 Å². The van der Waals surface area contributed by atoms with E-state index in [1.54, 1.807) is 0 Å². The molecule has 1 fully saturated rings. The molecule has 4 nitrogen and oxygen atoms in total. The fraction of sp³-hybridized carbons (Fsp3) is 0.222. The van der Waals surface area contributed by atoms with Crippen LogP contribution in [0.25, 0.3) is 6.08 Å². The SMILES string of the molecule is Cc1ccc(N=C2NC(=O)/C(=C/c3ccc(C)n3C)S2)c(C)c1. The van der Waals surface area contributed by atoms with Gasteiger partial charge in [-0.15, -0.1) is 0 Å². The number of carbonyl (C=O) groups is 1. The quantitative estimate of drug-likeness (QED) is 0.853. The van der Waals surface area contributed by atoms with E-state index < -0.39 is 0 Å². The highest BCUT2D eigenvalue weighted by molar-refractivity contribution is 8.18. The number of thioether (sulfide) groups is 1. The lowest BCUT2D eigenvalue weighted by Crippen LogP contribution is -2.19. The highest BCUT2D eigenvalue weighted by Gasteiger charge is 2.24. The first-order valence-electron chi connectivity index (χ1n) is 7.43. The maximum absolute atomic E-state index is 12.1. The highest BCUT2D eigenvalue weighted by Crippen LogP contribution is 2.29. The molecule has 1 N–H and O–H groups in total. The molecule has 0 aliphatic carbocycles. The second-order valence-electron chi connectivity index (χ2n) is 5.73. The normalized spacial score (nSPS) is 18.0. The number of rotatable bonds is 2. The third-order valence-corrected chi connectivity index (χ3v) is 4.83. The second-order valence-corrected chi connectivity index (χ2v) is 6.76. The Labute approximate surface area is 140 Å². The Hall–Kier alpha value is -2.27. The highest BCUT2D eigenvalue weighted by atomic mass is 32.2. The van der Waals surface area contributed by atoms with Gasteiger partial charge < -0.3 is 9.88 Å². The Bertz CT molecular complexity index is 846. The van der Waals surface area contributed by atoms with Crippen molar-refractivity contribution in [3.8, 4) is 0 Å². The predicted molar refractivity (Wildman–Crippen MR) is 96.9 cm³/mol. The number of aliphatic imine (C=N–C) groups is 1. The minimum absolute atomic E-state index is 0.0997. The zero-order chi connectivity index (χ0) is 16.6. The molecule has 1 saturated heterocycles.